The summed E-state index contributed by atoms with van der Waals surface area (Å²) >= 11 is 0.112. The molecule has 0 amide bonds. The summed E-state index contributed by atoms with van der Waals surface area (Å²) in [7, 11) is 0. The topological polar surface area (TPSA) is 26.3 Å². The van der Waals surface area contributed by atoms with Crippen LogP contribution < -0.4 is 4.46 Å². The van der Waals surface area contributed by atoms with Gasteiger partial charge in [0, 0.05) is 0 Å². The van der Waals surface area contributed by atoms with Crippen molar-refractivity contribution in [2.75, 3.05) is 6.61 Å². The van der Waals surface area contributed by atoms with Crippen LogP contribution in [0.4, 0.5) is 0 Å². The van der Waals surface area contributed by atoms with Crippen molar-refractivity contribution in [2.45, 2.75) is 0 Å². The molecule has 0 fully saturated rings. The van der Waals surface area contributed by atoms with Crippen LogP contribution in [0, 0.1) is 10.7 Å². The number of ether oxygens (including phenoxy) is 1. The van der Waals surface area contributed by atoms with Crippen molar-refractivity contribution in [1.82, 2.24) is 0 Å². The van der Waals surface area contributed by atoms with E-state index in [1.54, 1.807) is 24.3 Å². The molecule has 0 bridgehead atoms. The summed E-state index contributed by atoms with van der Waals surface area (Å²) < 4.78 is 6.28. The fourth-order valence-corrected chi connectivity index (χ4v) is 2.51. The first-order valence-corrected chi connectivity index (χ1v) is 7.49. The standard InChI is InChI=1S/C16H12O2Se/c17-16(14-8-3-1-4-9-14)18-12-7-13-19-15-10-5-2-6-11-15/h1-6,8-11H,12H2. The number of esters is 1. The Kier molecular flexibility index (Phi) is 5.25. The van der Waals surface area contributed by atoms with Crippen molar-refractivity contribution in [3.8, 4) is 10.7 Å². The summed E-state index contributed by atoms with van der Waals surface area (Å²) in [5, 5.41) is 0. The number of hydrogen-bond donors (Lipinski definition) is 0. The van der Waals surface area contributed by atoms with Gasteiger partial charge in [0.05, 0.1) is 0 Å². The Balaban J connectivity index is 1.77. The van der Waals surface area contributed by atoms with E-state index in [2.05, 4.69) is 10.7 Å². The van der Waals surface area contributed by atoms with Gasteiger partial charge >= 0.3 is 118 Å². The molecule has 0 spiro atoms. The van der Waals surface area contributed by atoms with Crippen LogP contribution in [0.2, 0.25) is 0 Å². The second-order valence-electron chi connectivity index (χ2n) is 3.64. The number of hydrogen-bond acceptors (Lipinski definition) is 2. The van der Waals surface area contributed by atoms with E-state index in [-0.39, 0.29) is 27.5 Å². The minimum atomic E-state index is -0.331. The molecule has 2 rings (SSSR count). The normalized spacial score (nSPS) is 9.26. The van der Waals surface area contributed by atoms with Gasteiger partial charge in [-0.15, -0.1) is 0 Å². The van der Waals surface area contributed by atoms with E-state index in [1.807, 2.05) is 36.4 Å². The molecule has 19 heavy (non-hydrogen) atoms. The van der Waals surface area contributed by atoms with Gasteiger partial charge in [-0.3, -0.25) is 0 Å². The first kappa shape index (κ1) is 13.4. The van der Waals surface area contributed by atoms with Crippen LogP contribution in [0.1, 0.15) is 10.4 Å². The Morgan fingerprint density at radius 1 is 1.00 bits per heavy atom. The first-order valence-electron chi connectivity index (χ1n) is 5.78. The molecule has 0 aliphatic carbocycles. The Hall–Kier alpha value is -2.01. The number of carbonyl (C=O) groups excluding carboxylic acids is 1. The third-order valence-corrected chi connectivity index (χ3v) is 3.85. The summed E-state index contributed by atoms with van der Waals surface area (Å²) in [6.45, 7) is 0.141. The quantitative estimate of drug-likeness (QED) is 0.491. The van der Waals surface area contributed by atoms with Crippen molar-refractivity contribution < 1.29 is 9.53 Å². The number of benzene rings is 2. The van der Waals surface area contributed by atoms with E-state index in [1.165, 1.54) is 4.46 Å². The molecule has 0 aliphatic rings. The summed E-state index contributed by atoms with van der Waals surface area (Å²) in [5.41, 5.74) is 0.554. The van der Waals surface area contributed by atoms with Gasteiger partial charge in [0.2, 0.25) is 0 Å². The second-order valence-corrected chi connectivity index (χ2v) is 5.48. The number of rotatable bonds is 3. The summed E-state index contributed by atoms with van der Waals surface area (Å²) in [6.07, 6.45) is 0. The SMILES string of the molecule is O=C(OCC#C[Se]c1ccccc1)c1ccccc1. The van der Waals surface area contributed by atoms with Crippen LogP contribution in [0.15, 0.2) is 60.7 Å². The molecule has 0 saturated carbocycles. The molecule has 0 aromatic heterocycles. The van der Waals surface area contributed by atoms with E-state index in [0.29, 0.717) is 5.56 Å². The van der Waals surface area contributed by atoms with Gasteiger partial charge in [0.1, 0.15) is 0 Å². The molecule has 2 aromatic rings. The summed E-state index contributed by atoms with van der Waals surface area (Å²) in [4.78, 5) is 14.6. The third kappa shape index (κ3) is 4.63. The van der Waals surface area contributed by atoms with E-state index in [9.17, 15) is 4.79 Å². The van der Waals surface area contributed by atoms with Crippen LogP contribution in [0.3, 0.4) is 0 Å². The molecule has 0 aliphatic heterocycles. The molecule has 3 heteroatoms. The summed E-state index contributed by atoms with van der Waals surface area (Å²) in [5.74, 6) is 2.54. The van der Waals surface area contributed by atoms with Crippen molar-refractivity contribution in [3.63, 3.8) is 0 Å². The Morgan fingerprint density at radius 2 is 1.63 bits per heavy atom. The Bertz CT molecular complexity index is 582. The first-order chi connectivity index (χ1) is 9.36. The second kappa shape index (κ2) is 7.43. The number of carbonyl (C=O) groups is 1. The fourth-order valence-electron chi connectivity index (χ4n) is 1.37. The van der Waals surface area contributed by atoms with Crippen LogP contribution in [0.5, 0.6) is 0 Å². The van der Waals surface area contributed by atoms with Crippen molar-refractivity contribution in [2.24, 2.45) is 0 Å². The van der Waals surface area contributed by atoms with Crippen molar-refractivity contribution in [3.05, 3.63) is 66.2 Å². The molecule has 0 N–H and O–H groups in total. The molecule has 2 aromatic carbocycles. The van der Waals surface area contributed by atoms with E-state index in [0.717, 1.165) is 0 Å². The maximum atomic E-state index is 11.6. The molecule has 0 unspecified atom stereocenters. The average molecular weight is 315 g/mol. The predicted molar refractivity (Wildman–Crippen MR) is 76.3 cm³/mol. The van der Waals surface area contributed by atoms with Gasteiger partial charge in [0.15, 0.2) is 0 Å². The average Bonchev–Trinajstić information content (AvgIpc) is 2.49. The zero-order chi connectivity index (χ0) is 13.3. The van der Waals surface area contributed by atoms with Crippen LogP contribution >= 0.6 is 0 Å². The Labute approximate surface area is 119 Å². The van der Waals surface area contributed by atoms with E-state index < -0.39 is 0 Å². The maximum absolute atomic E-state index is 11.6. The van der Waals surface area contributed by atoms with Crippen molar-refractivity contribution >= 4 is 25.4 Å². The third-order valence-electron chi connectivity index (χ3n) is 2.27. The van der Waals surface area contributed by atoms with Gasteiger partial charge < -0.3 is 0 Å². The van der Waals surface area contributed by atoms with Gasteiger partial charge in [-0.05, 0) is 0 Å². The zero-order valence-corrected chi connectivity index (χ0v) is 11.9. The van der Waals surface area contributed by atoms with E-state index >= 15 is 0 Å². The van der Waals surface area contributed by atoms with Gasteiger partial charge in [-0.25, -0.2) is 0 Å². The molecular weight excluding hydrogens is 303 g/mol. The summed E-state index contributed by atoms with van der Waals surface area (Å²) in [6, 6.07) is 19.0. The molecule has 0 atom stereocenters. The molecule has 0 radical (unpaired) electrons. The molecule has 94 valence electrons. The Morgan fingerprint density at radius 3 is 2.32 bits per heavy atom. The van der Waals surface area contributed by atoms with Gasteiger partial charge in [-0.2, -0.15) is 0 Å². The van der Waals surface area contributed by atoms with E-state index in [4.69, 9.17) is 4.74 Å². The van der Waals surface area contributed by atoms with Gasteiger partial charge in [-0.1, -0.05) is 0 Å². The molecule has 0 saturated heterocycles. The monoisotopic (exact) mass is 316 g/mol. The molecule has 0 heterocycles. The minimum absolute atomic E-state index is 0.112. The van der Waals surface area contributed by atoms with Crippen LogP contribution in [-0.2, 0) is 4.74 Å². The molecule has 2 nitrogen and oxygen atoms in total. The predicted octanol–water partition coefficient (Wildman–Crippen LogP) is 1.83. The van der Waals surface area contributed by atoms with Crippen LogP contribution in [0.25, 0.3) is 0 Å². The zero-order valence-electron chi connectivity index (χ0n) is 10.2. The molecular formula is C16H12O2Se. The van der Waals surface area contributed by atoms with Crippen LogP contribution in [-0.4, -0.2) is 27.5 Å². The van der Waals surface area contributed by atoms with Gasteiger partial charge in [0.25, 0.3) is 0 Å². The van der Waals surface area contributed by atoms with Crippen molar-refractivity contribution in [1.29, 1.82) is 0 Å². The fraction of sp³-hybridized carbons (Fsp3) is 0.0625.